The molecule has 22 heavy (non-hydrogen) atoms. The lowest BCUT2D eigenvalue weighted by atomic mass is 9.85. The summed E-state index contributed by atoms with van der Waals surface area (Å²) in [5.41, 5.74) is 0. The van der Waals surface area contributed by atoms with Gasteiger partial charge in [-0.1, -0.05) is 6.92 Å². The molecule has 0 aromatic carbocycles. The van der Waals surface area contributed by atoms with E-state index in [1.54, 1.807) is 0 Å². The third-order valence-corrected chi connectivity index (χ3v) is 4.83. The number of halogens is 3. The third-order valence-electron chi connectivity index (χ3n) is 4.83. The van der Waals surface area contributed by atoms with Crippen molar-refractivity contribution in [2.75, 3.05) is 26.2 Å². The molecule has 2 aliphatic rings. The van der Waals surface area contributed by atoms with Gasteiger partial charge in [0.1, 0.15) is 0 Å². The summed E-state index contributed by atoms with van der Waals surface area (Å²) in [4.78, 5) is 13.9. The average molecular weight is 320 g/mol. The molecule has 1 N–H and O–H groups in total. The maximum absolute atomic E-state index is 12.4. The van der Waals surface area contributed by atoms with E-state index in [9.17, 15) is 18.0 Å². The van der Waals surface area contributed by atoms with Crippen LogP contribution < -0.4 is 5.32 Å². The second-order valence-electron chi connectivity index (χ2n) is 6.94. The predicted octanol–water partition coefficient (Wildman–Crippen LogP) is 3.20. The monoisotopic (exact) mass is 320 g/mol. The van der Waals surface area contributed by atoms with Crippen LogP contribution in [0.4, 0.5) is 13.2 Å². The fourth-order valence-electron chi connectivity index (χ4n) is 3.13. The molecule has 2 fully saturated rings. The first-order valence-electron chi connectivity index (χ1n) is 8.40. The van der Waals surface area contributed by atoms with Gasteiger partial charge in [0, 0.05) is 19.5 Å². The number of amides is 1. The van der Waals surface area contributed by atoms with E-state index >= 15 is 0 Å². The second-order valence-corrected chi connectivity index (χ2v) is 6.94. The Morgan fingerprint density at radius 2 is 2.05 bits per heavy atom. The van der Waals surface area contributed by atoms with Crippen LogP contribution in [0.2, 0.25) is 0 Å². The van der Waals surface area contributed by atoms with Gasteiger partial charge in [-0.15, -0.1) is 0 Å². The average Bonchev–Trinajstić information content (AvgIpc) is 3.27. The van der Waals surface area contributed by atoms with Crippen molar-refractivity contribution >= 4 is 5.91 Å². The van der Waals surface area contributed by atoms with Crippen molar-refractivity contribution in [3.05, 3.63) is 0 Å². The van der Waals surface area contributed by atoms with Crippen LogP contribution in [0.15, 0.2) is 0 Å². The van der Waals surface area contributed by atoms with Gasteiger partial charge in [0.15, 0.2) is 0 Å². The van der Waals surface area contributed by atoms with Gasteiger partial charge in [-0.05, 0) is 56.5 Å². The lowest BCUT2D eigenvalue weighted by Gasteiger charge is -2.30. The highest BCUT2D eigenvalue weighted by atomic mass is 19.4. The Balaban J connectivity index is 1.83. The van der Waals surface area contributed by atoms with Crippen molar-refractivity contribution in [1.29, 1.82) is 0 Å². The number of hydrogen-bond donors (Lipinski definition) is 1. The number of alkyl halides is 3. The molecule has 1 saturated carbocycles. The summed E-state index contributed by atoms with van der Waals surface area (Å²) in [5, 5.41) is 3.33. The molecule has 0 radical (unpaired) electrons. The Morgan fingerprint density at radius 1 is 1.32 bits per heavy atom. The van der Waals surface area contributed by atoms with Gasteiger partial charge < -0.3 is 10.2 Å². The van der Waals surface area contributed by atoms with Crippen molar-refractivity contribution in [1.82, 2.24) is 10.2 Å². The number of nitrogens with zero attached hydrogens (tertiary/aromatic N) is 1. The van der Waals surface area contributed by atoms with Gasteiger partial charge in [0.25, 0.3) is 0 Å². The summed E-state index contributed by atoms with van der Waals surface area (Å²) in [6, 6.07) is 0. The Hall–Kier alpha value is -0.780. The second kappa shape index (κ2) is 7.66. The highest BCUT2D eigenvalue weighted by Crippen LogP contribution is 2.31. The molecule has 0 bridgehead atoms. The number of carbonyl (C=O) groups excluding carboxylic acids is 1. The van der Waals surface area contributed by atoms with Gasteiger partial charge >= 0.3 is 6.18 Å². The van der Waals surface area contributed by atoms with Gasteiger partial charge in [0.2, 0.25) is 5.91 Å². The molecule has 0 aromatic rings. The zero-order valence-electron chi connectivity index (χ0n) is 13.3. The normalized spacial score (nSPS) is 24.1. The van der Waals surface area contributed by atoms with Crippen LogP contribution in [0, 0.1) is 17.8 Å². The number of carbonyl (C=O) groups is 1. The maximum Gasteiger partial charge on any atom is 0.390 e. The molecule has 0 spiro atoms. The van der Waals surface area contributed by atoms with Crippen LogP contribution in [0.3, 0.4) is 0 Å². The van der Waals surface area contributed by atoms with E-state index in [0.29, 0.717) is 24.8 Å². The van der Waals surface area contributed by atoms with Crippen molar-refractivity contribution in [2.45, 2.75) is 51.6 Å². The van der Waals surface area contributed by atoms with Crippen LogP contribution in [0.5, 0.6) is 0 Å². The van der Waals surface area contributed by atoms with Gasteiger partial charge in [0.05, 0.1) is 6.42 Å². The molecule has 1 amide bonds. The predicted molar refractivity (Wildman–Crippen MR) is 79.4 cm³/mol. The van der Waals surface area contributed by atoms with Crippen LogP contribution >= 0.6 is 0 Å². The van der Waals surface area contributed by atoms with Crippen LogP contribution in [0.1, 0.15) is 45.4 Å². The zero-order chi connectivity index (χ0) is 16.2. The molecule has 128 valence electrons. The molecular formula is C16H27F3N2O. The lowest BCUT2D eigenvalue weighted by Crippen LogP contribution is -2.39. The fourth-order valence-corrected chi connectivity index (χ4v) is 3.13. The van der Waals surface area contributed by atoms with E-state index in [4.69, 9.17) is 0 Å². The molecule has 2 atom stereocenters. The van der Waals surface area contributed by atoms with Crippen molar-refractivity contribution < 1.29 is 18.0 Å². The van der Waals surface area contributed by atoms with Crippen LogP contribution in [0.25, 0.3) is 0 Å². The summed E-state index contributed by atoms with van der Waals surface area (Å²) in [7, 11) is 0. The first-order valence-corrected chi connectivity index (χ1v) is 8.40. The summed E-state index contributed by atoms with van der Waals surface area (Å²) in [6.07, 6.45) is -0.422. The van der Waals surface area contributed by atoms with Crippen molar-refractivity contribution in [3.63, 3.8) is 0 Å². The Kier molecular flexibility index (Phi) is 6.12. The maximum atomic E-state index is 12.4. The molecule has 1 aliphatic heterocycles. The van der Waals surface area contributed by atoms with Gasteiger partial charge in [-0.25, -0.2) is 0 Å². The zero-order valence-corrected chi connectivity index (χ0v) is 13.3. The molecule has 1 aliphatic carbocycles. The van der Waals surface area contributed by atoms with E-state index in [-0.39, 0.29) is 18.4 Å². The number of rotatable bonds is 7. The topological polar surface area (TPSA) is 32.3 Å². The first kappa shape index (κ1) is 17.6. The Morgan fingerprint density at radius 3 is 2.59 bits per heavy atom. The van der Waals surface area contributed by atoms with Gasteiger partial charge in [-0.2, -0.15) is 13.2 Å². The summed E-state index contributed by atoms with van der Waals surface area (Å²) >= 11 is 0. The van der Waals surface area contributed by atoms with E-state index in [1.807, 2.05) is 0 Å². The minimum absolute atomic E-state index is 0.103. The summed E-state index contributed by atoms with van der Waals surface area (Å²) in [5.74, 6) is 1.01. The molecule has 1 heterocycles. The van der Waals surface area contributed by atoms with Crippen LogP contribution in [-0.2, 0) is 4.79 Å². The quantitative estimate of drug-likeness (QED) is 0.781. The lowest BCUT2D eigenvalue weighted by molar-refractivity contribution is -0.146. The van der Waals surface area contributed by atoms with Gasteiger partial charge in [-0.3, -0.25) is 4.79 Å². The van der Waals surface area contributed by atoms with Crippen molar-refractivity contribution in [2.24, 2.45) is 17.8 Å². The Bertz CT molecular complexity index is 363. The molecular weight excluding hydrogens is 293 g/mol. The fraction of sp³-hybridized carbons (Fsp3) is 0.938. The highest BCUT2D eigenvalue weighted by molar-refractivity contribution is 5.76. The molecule has 6 heteroatoms. The smallest absolute Gasteiger partial charge is 0.342 e. The van der Waals surface area contributed by atoms with E-state index in [1.165, 1.54) is 4.90 Å². The first-order chi connectivity index (χ1) is 10.3. The van der Waals surface area contributed by atoms with E-state index in [0.717, 1.165) is 38.8 Å². The summed E-state index contributed by atoms with van der Waals surface area (Å²) < 4.78 is 37.3. The summed E-state index contributed by atoms with van der Waals surface area (Å²) in [6.45, 7) is 4.31. The molecule has 1 saturated heterocycles. The number of nitrogens with one attached hydrogen (secondary N) is 1. The third kappa shape index (κ3) is 6.15. The standard InChI is InChI=1S/C16H27F3N2O/c1-12(14-3-2-7-20-10-14)9-15(22)21(11-13-4-5-13)8-6-16(17,18)19/h12-14,20H,2-11H2,1H3. The number of piperidine rings is 1. The molecule has 3 nitrogen and oxygen atoms in total. The number of hydrogen-bond acceptors (Lipinski definition) is 2. The minimum atomic E-state index is -4.19. The molecule has 2 rings (SSSR count). The van der Waals surface area contributed by atoms with Crippen molar-refractivity contribution in [3.8, 4) is 0 Å². The minimum Gasteiger partial charge on any atom is -0.342 e. The SMILES string of the molecule is CC(CC(=O)N(CCC(F)(F)F)CC1CC1)C1CCCNC1. The van der Waals surface area contributed by atoms with E-state index in [2.05, 4.69) is 12.2 Å². The molecule has 2 unspecified atom stereocenters. The largest absolute Gasteiger partial charge is 0.390 e. The molecule has 0 aromatic heterocycles. The van der Waals surface area contributed by atoms with Crippen LogP contribution in [-0.4, -0.2) is 43.2 Å². The Labute approximate surface area is 130 Å². The van der Waals surface area contributed by atoms with E-state index < -0.39 is 12.6 Å². The highest BCUT2D eigenvalue weighted by Gasteiger charge is 2.33.